The number of hydrogen-bond donors (Lipinski definition) is 1. The second-order valence-corrected chi connectivity index (χ2v) is 5.83. The van der Waals surface area contributed by atoms with E-state index in [0.717, 1.165) is 13.0 Å². The zero-order chi connectivity index (χ0) is 13.4. The molecule has 0 aromatic heterocycles. The minimum absolute atomic E-state index is 0.460. The summed E-state index contributed by atoms with van der Waals surface area (Å²) >= 11 is 1.91. The first-order chi connectivity index (χ1) is 8.67. The van der Waals surface area contributed by atoms with Crippen molar-refractivity contribution in [2.75, 3.05) is 39.2 Å². The van der Waals surface area contributed by atoms with Crippen LogP contribution in [0.3, 0.4) is 0 Å². The standard InChI is InChI=1S/C15H26N2S/c1-13-6-5-7-14(12-13)15(16-2)8-9-17(3)10-11-18-4/h5-7,12,15-16H,8-11H2,1-4H3. The first-order valence-corrected chi connectivity index (χ1v) is 7.98. The van der Waals surface area contributed by atoms with Crippen molar-refractivity contribution in [3.63, 3.8) is 0 Å². The van der Waals surface area contributed by atoms with Gasteiger partial charge in [0.1, 0.15) is 0 Å². The quantitative estimate of drug-likeness (QED) is 0.779. The van der Waals surface area contributed by atoms with Crippen molar-refractivity contribution >= 4 is 11.8 Å². The van der Waals surface area contributed by atoms with Crippen LogP contribution in [0.2, 0.25) is 0 Å². The summed E-state index contributed by atoms with van der Waals surface area (Å²) in [5.41, 5.74) is 2.74. The number of hydrogen-bond acceptors (Lipinski definition) is 3. The van der Waals surface area contributed by atoms with E-state index < -0.39 is 0 Å². The first-order valence-electron chi connectivity index (χ1n) is 6.58. The Morgan fingerprint density at radius 1 is 1.33 bits per heavy atom. The van der Waals surface area contributed by atoms with Crippen LogP contribution < -0.4 is 5.32 Å². The maximum atomic E-state index is 3.43. The van der Waals surface area contributed by atoms with E-state index in [9.17, 15) is 0 Å². The van der Waals surface area contributed by atoms with Gasteiger partial charge in [0.15, 0.2) is 0 Å². The average Bonchev–Trinajstić information content (AvgIpc) is 2.37. The Morgan fingerprint density at radius 3 is 2.72 bits per heavy atom. The number of benzene rings is 1. The number of nitrogens with one attached hydrogen (secondary N) is 1. The van der Waals surface area contributed by atoms with Gasteiger partial charge in [-0.1, -0.05) is 29.8 Å². The molecule has 0 fully saturated rings. The van der Waals surface area contributed by atoms with Gasteiger partial charge < -0.3 is 10.2 Å². The predicted octanol–water partition coefficient (Wildman–Crippen LogP) is 2.94. The lowest BCUT2D eigenvalue weighted by Crippen LogP contribution is -2.27. The van der Waals surface area contributed by atoms with E-state index in [1.165, 1.54) is 23.4 Å². The summed E-state index contributed by atoms with van der Waals surface area (Å²) in [6.07, 6.45) is 3.32. The Balaban J connectivity index is 2.47. The Hall–Kier alpha value is -0.510. The molecule has 0 aliphatic rings. The number of rotatable bonds is 8. The van der Waals surface area contributed by atoms with Crippen molar-refractivity contribution in [1.82, 2.24) is 10.2 Å². The van der Waals surface area contributed by atoms with E-state index in [0.29, 0.717) is 6.04 Å². The van der Waals surface area contributed by atoms with Crippen molar-refractivity contribution in [3.8, 4) is 0 Å². The van der Waals surface area contributed by atoms with Crippen LogP contribution >= 0.6 is 11.8 Å². The van der Waals surface area contributed by atoms with Crippen molar-refractivity contribution in [2.24, 2.45) is 0 Å². The van der Waals surface area contributed by atoms with E-state index >= 15 is 0 Å². The fourth-order valence-corrected chi connectivity index (χ4v) is 2.57. The Labute approximate surface area is 116 Å². The van der Waals surface area contributed by atoms with Crippen LogP contribution in [0.1, 0.15) is 23.6 Å². The summed E-state index contributed by atoms with van der Waals surface area (Å²) in [4.78, 5) is 2.41. The molecule has 0 saturated heterocycles. The molecular formula is C15H26N2S. The zero-order valence-electron chi connectivity index (χ0n) is 12.1. The fraction of sp³-hybridized carbons (Fsp3) is 0.600. The van der Waals surface area contributed by atoms with Gasteiger partial charge in [0.25, 0.3) is 0 Å². The smallest absolute Gasteiger partial charge is 0.0329 e. The lowest BCUT2D eigenvalue weighted by Gasteiger charge is -2.21. The monoisotopic (exact) mass is 266 g/mol. The van der Waals surface area contributed by atoms with E-state index in [1.807, 2.05) is 11.8 Å². The summed E-state index contributed by atoms with van der Waals surface area (Å²) < 4.78 is 0. The Kier molecular flexibility index (Phi) is 7.40. The molecule has 0 amide bonds. The second kappa shape index (κ2) is 8.57. The Bertz CT molecular complexity index is 341. The third-order valence-corrected chi connectivity index (χ3v) is 3.86. The molecule has 0 spiro atoms. The molecule has 0 bridgehead atoms. The molecule has 1 aromatic rings. The highest BCUT2D eigenvalue weighted by atomic mass is 32.2. The second-order valence-electron chi connectivity index (χ2n) is 4.84. The molecule has 0 radical (unpaired) electrons. The number of thioether (sulfide) groups is 1. The summed E-state index contributed by atoms with van der Waals surface area (Å²) in [5, 5.41) is 3.43. The van der Waals surface area contributed by atoms with Crippen molar-refractivity contribution < 1.29 is 0 Å². The fourth-order valence-electron chi connectivity index (χ4n) is 2.07. The molecule has 0 aliphatic carbocycles. The van der Waals surface area contributed by atoms with Crippen molar-refractivity contribution in [3.05, 3.63) is 35.4 Å². The first kappa shape index (κ1) is 15.5. The highest BCUT2D eigenvalue weighted by molar-refractivity contribution is 7.98. The van der Waals surface area contributed by atoms with Gasteiger partial charge in [-0.15, -0.1) is 0 Å². The van der Waals surface area contributed by atoms with Gasteiger partial charge in [0.2, 0.25) is 0 Å². The van der Waals surface area contributed by atoms with E-state index in [4.69, 9.17) is 0 Å². The van der Waals surface area contributed by atoms with Gasteiger partial charge >= 0.3 is 0 Å². The van der Waals surface area contributed by atoms with E-state index in [-0.39, 0.29) is 0 Å². The molecule has 0 heterocycles. The highest BCUT2D eigenvalue weighted by Crippen LogP contribution is 2.17. The van der Waals surface area contributed by atoms with Crippen molar-refractivity contribution in [1.29, 1.82) is 0 Å². The molecule has 3 heteroatoms. The maximum Gasteiger partial charge on any atom is 0.0329 e. The average molecular weight is 266 g/mol. The highest BCUT2D eigenvalue weighted by Gasteiger charge is 2.10. The summed E-state index contributed by atoms with van der Waals surface area (Å²) in [6, 6.07) is 9.26. The maximum absolute atomic E-state index is 3.43. The zero-order valence-corrected chi connectivity index (χ0v) is 12.9. The van der Waals surface area contributed by atoms with E-state index in [2.05, 4.69) is 61.8 Å². The lowest BCUT2D eigenvalue weighted by molar-refractivity contribution is 0.328. The molecule has 1 N–H and O–H groups in total. The van der Waals surface area contributed by atoms with E-state index in [1.54, 1.807) is 0 Å². The van der Waals surface area contributed by atoms with Crippen LogP contribution in [0.4, 0.5) is 0 Å². The number of nitrogens with zero attached hydrogens (tertiary/aromatic N) is 1. The predicted molar refractivity (Wildman–Crippen MR) is 83.5 cm³/mol. The van der Waals surface area contributed by atoms with Crippen LogP contribution in [-0.4, -0.2) is 44.1 Å². The summed E-state index contributed by atoms with van der Waals surface area (Å²) in [6.45, 7) is 4.46. The van der Waals surface area contributed by atoms with Gasteiger partial charge in [-0.25, -0.2) is 0 Å². The molecule has 102 valence electrons. The van der Waals surface area contributed by atoms with Gasteiger partial charge in [0, 0.05) is 18.3 Å². The molecule has 1 unspecified atom stereocenters. The largest absolute Gasteiger partial charge is 0.313 e. The molecule has 1 rings (SSSR count). The molecule has 0 saturated carbocycles. The molecular weight excluding hydrogens is 240 g/mol. The summed E-state index contributed by atoms with van der Waals surface area (Å²) in [5.74, 6) is 1.21. The number of aryl methyl sites for hydroxylation is 1. The van der Waals surface area contributed by atoms with Crippen LogP contribution in [-0.2, 0) is 0 Å². The van der Waals surface area contributed by atoms with Crippen LogP contribution in [0, 0.1) is 6.92 Å². The van der Waals surface area contributed by atoms with Crippen LogP contribution in [0.5, 0.6) is 0 Å². The van der Waals surface area contributed by atoms with Crippen LogP contribution in [0.15, 0.2) is 24.3 Å². The van der Waals surface area contributed by atoms with Gasteiger partial charge in [-0.05, 0) is 45.8 Å². The topological polar surface area (TPSA) is 15.3 Å². The minimum atomic E-state index is 0.460. The normalized spacial score (nSPS) is 12.9. The third kappa shape index (κ3) is 5.42. The van der Waals surface area contributed by atoms with Gasteiger partial charge in [-0.2, -0.15) is 11.8 Å². The van der Waals surface area contributed by atoms with Gasteiger partial charge in [0.05, 0.1) is 0 Å². The lowest BCUT2D eigenvalue weighted by atomic mass is 10.0. The molecule has 1 aromatic carbocycles. The van der Waals surface area contributed by atoms with Crippen LogP contribution in [0.25, 0.3) is 0 Å². The molecule has 0 aliphatic heterocycles. The Morgan fingerprint density at radius 2 is 2.11 bits per heavy atom. The summed E-state index contributed by atoms with van der Waals surface area (Å²) in [7, 11) is 4.26. The van der Waals surface area contributed by atoms with Gasteiger partial charge in [-0.3, -0.25) is 0 Å². The SMILES string of the molecule is CNC(CCN(C)CCSC)c1cccc(C)c1. The molecule has 2 nitrogen and oxygen atoms in total. The molecule has 1 atom stereocenters. The molecule has 18 heavy (non-hydrogen) atoms. The van der Waals surface area contributed by atoms with Crippen molar-refractivity contribution in [2.45, 2.75) is 19.4 Å². The third-order valence-electron chi connectivity index (χ3n) is 3.27. The minimum Gasteiger partial charge on any atom is -0.313 e.